The van der Waals surface area contributed by atoms with E-state index in [9.17, 15) is 12.8 Å². The lowest BCUT2D eigenvalue weighted by molar-refractivity contribution is 0.599. The second kappa shape index (κ2) is 5.49. The van der Waals surface area contributed by atoms with Crippen molar-refractivity contribution in [2.24, 2.45) is 0 Å². The fourth-order valence-electron chi connectivity index (χ4n) is 1.96. The van der Waals surface area contributed by atoms with E-state index in [2.05, 4.69) is 9.71 Å². The summed E-state index contributed by atoms with van der Waals surface area (Å²) in [6, 6.07) is 8.35. The van der Waals surface area contributed by atoms with Crippen LogP contribution in [0.2, 0.25) is 5.02 Å². The molecule has 0 bridgehead atoms. The first-order valence-corrected chi connectivity index (χ1v) is 8.88. The van der Waals surface area contributed by atoms with Gasteiger partial charge in [0.2, 0.25) is 0 Å². The second-order valence-electron chi connectivity index (χ2n) is 4.60. The van der Waals surface area contributed by atoms with E-state index in [0.717, 1.165) is 27.4 Å². The van der Waals surface area contributed by atoms with Crippen LogP contribution in [0.4, 0.5) is 10.1 Å². The lowest BCUT2D eigenvalue weighted by Crippen LogP contribution is -2.13. The van der Waals surface area contributed by atoms with Crippen LogP contribution in [0.1, 0.15) is 5.01 Å². The third-order valence-electron chi connectivity index (χ3n) is 2.95. The van der Waals surface area contributed by atoms with Crippen LogP contribution < -0.4 is 4.72 Å². The normalized spacial score (nSPS) is 11.8. The van der Waals surface area contributed by atoms with E-state index in [1.54, 1.807) is 18.2 Å². The van der Waals surface area contributed by atoms with Crippen molar-refractivity contribution in [2.45, 2.75) is 11.8 Å². The molecule has 0 saturated carbocycles. The molecule has 0 aliphatic rings. The Hall–Kier alpha value is -1.70. The van der Waals surface area contributed by atoms with Gasteiger partial charge in [0.25, 0.3) is 10.0 Å². The molecule has 114 valence electrons. The van der Waals surface area contributed by atoms with Gasteiger partial charge in [-0.3, -0.25) is 4.72 Å². The van der Waals surface area contributed by atoms with E-state index in [-0.39, 0.29) is 9.92 Å². The van der Waals surface area contributed by atoms with E-state index in [1.165, 1.54) is 17.4 Å². The number of rotatable bonds is 3. The number of fused-ring (bicyclic) bond motifs is 1. The molecule has 0 radical (unpaired) electrons. The zero-order chi connectivity index (χ0) is 15.9. The highest BCUT2D eigenvalue weighted by atomic mass is 35.5. The Morgan fingerprint density at radius 3 is 2.73 bits per heavy atom. The van der Waals surface area contributed by atoms with Crippen LogP contribution in [0.15, 0.2) is 41.3 Å². The van der Waals surface area contributed by atoms with Crippen molar-refractivity contribution in [3.8, 4) is 0 Å². The van der Waals surface area contributed by atoms with Crippen LogP contribution in [-0.4, -0.2) is 13.4 Å². The number of thiazole rings is 1. The minimum absolute atomic E-state index is 0.0977. The third kappa shape index (κ3) is 2.92. The molecular formula is C14H10ClFN2O2S2. The second-order valence-corrected chi connectivity index (χ2v) is 7.92. The molecular weight excluding hydrogens is 347 g/mol. The Kier molecular flexibility index (Phi) is 3.80. The Morgan fingerprint density at radius 1 is 1.23 bits per heavy atom. The Balaban J connectivity index is 1.96. The van der Waals surface area contributed by atoms with Crippen LogP contribution in [-0.2, 0) is 10.0 Å². The number of benzene rings is 2. The number of hydrogen-bond acceptors (Lipinski definition) is 4. The summed E-state index contributed by atoms with van der Waals surface area (Å²) in [7, 11) is -3.83. The van der Waals surface area contributed by atoms with E-state index >= 15 is 0 Å². The molecule has 0 spiro atoms. The molecule has 0 unspecified atom stereocenters. The lowest BCUT2D eigenvalue weighted by atomic mass is 10.3. The molecule has 3 rings (SSSR count). The molecule has 0 atom stereocenters. The molecule has 2 aromatic carbocycles. The highest BCUT2D eigenvalue weighted by molar-refractivity contribution is 7.92. The predicted molar refractivity (Wildman–Crippen MR) is 86.6 cm³/mol. The van der Waals surface area contributed by atoms with Gasteiger partial charge in [0.1, 0.15) is 5.82 Å². The standard InChI is InChI=1S/C14H10ClFN2O2S2/c1-8-17-13-5-2-9(6-14(13)21-8)18-22(19,20)10-3-4-12(16)11(15)7-10/h2-7,18H,1H3. The number of anilines is 1. The third-order valence-corrected chi connectivity index (χ3v) is 5.55. The van der Waals surface area contributed by atoms with Gasteiger partial charge >= 0.3 is 0 Å². The van der Waals surface area contributed by atoms with E-state index < -0.39 is 15.8 Å². The van der Waals surface area contributed by atoms with Gasteiger partial charge in [0.05, 0.1) is 30.8 Å². The maximum atomic E-state index is 13.1. The highest BCUT2D eigenvalue weighted by Gasteiger charge is 2.16. The average Bonchev–Trinajstić information content (AvgIpc) is 2.80. The number of halogens is 2. The molecule has 1 heterocycles. The van der Waals surface area contributed by atoms with Crippen molar-refractivity contribution in [2.75, 3.05) is 4.72 Å². The smallest absolute Gasteiger partial charge is 0.261 e. The van der Waals surface area contributed by atoms with Gasteiger partial charge in [-0.1, -0.05) is 11.6 Å². The quantitative estimate of drug-likeness (QED) is 0.765. The zero-order valence-corrected chi connectivity index (χ0v) is 13.7. The van der Waals surface area contributed by atoms with Crippen LogP contribution >= 0.6 is 22.9 Å². The predicted octanol–water partition coefficient (Wildman–Crippen LogP) is 4.20. The molecule has 22 heavy (non-hydrogen) atoms. The molecule has 3 aromatic rings. The topological polar surface area (TPSA) is 59.1 Å². The van der Waals surface area contributed by atoms with Crippen LogP contribution in [0.3, 0.4) is 0 Å². The molecule has 0 saturated heterocycles. The van der Waals surface area contributed by atoms with Gasteiger partial charge in [-0.05, 0) is 43.3 Å². The summed E-state index contributed by atoms with van der Waals surface area (Å²) in [5.74, 6) is -0.665. The molecule has 1 aromatic heterocycles. The fourth-order valence-corrected chi connectivity index (χ4v) is 4.15. The Bertz CT molecular complexity index is 970. The van der Waals surface area contributed by atoms with Crippen LogP contribution in [0.25, 0.3) is 10.2 Å². The number of sulfonamides is 1. The van der Waals surface area contributed by atoms with Gasteiger partial charge in [-0.25, -0.2) is 17.8 Å². The van der Waals surface area contributed by atoms with Crippen LogP contribution in [0, 0.1) is 12.7 Å². The van der Waals surface area contributed by atoms with Gasteiger partial charge in [0.15, 0.2) is 0 Å². The molecule has 0 aliphatic carbocycles. The first-order valence-electron chi connectivity index (χ1n) is 6.20. The van der Waals surface area contributed by atoms with Gasteiger partial charge in [0, 0.05) is 0 Å². The fraction of sp³-hybridized carbons (Fsp3) is 0.0714. The van der Waals surface area contributed by atoms with Gasteiger partial charge in [-0.2, -0.15) is 0 Å². The zero-order valence-electron chi connectivity index (χ0n) is 11.3. The van der Waals surface area contributed by atoms with Crippen molar-refractivity contribution < 1.29 is 12.8 Å². The van der Waals surface area contributed by atoms with Crippen molar-refractivity contribution >= 4 is 48.9 Å². The molecule has 1 N–H and O–H groups in total. The highest BCUT2D eigenvalue weighted by Crippen LogP contribution is 2.27. The summed E-state index contributed by atoms with van der Waals surface area (Å²) in [5, 5.41) is 0.664. The molecule has 0 aliphatic heterocycles. The monoisotopic (exact) mass is 356 g/mol. The number of hydrogen-bond donors (Lipinski definition) is 1. The van der Waals surface area contributed by atoms with Gasteiger partial charge in [-0.15, -0.1) is 11.3 Å². The Labute approximate surface area is 135 Å². The van der Waals surface area contributed by atoms with Gasteiger partial charge < -0.3 is 0 Å². The van der Waals surface area contributed by atoms with Crippen LogP contribution in [0.5, 0.6) is 0 Å². The minimum atomic E-state index is -3.83. The van der Waals surface area contributed by atoms with Crippen molar-refractivity contribution in [3.63, 3.8) is 0 Å². The van der Waals surface area contributed by atoms with E-state index in [1.807, 2.05) is 6.92 Å². The first kappa shape index (κ1) is 15.2. The van der Waals surface area contributed by atoms with E-state index in [4.69, 9.17) is 11.6 Å². The maximum absolute atomic E-state index is 13.1. The molecule has 0 fully saturated rings. The Morgan fingerprint density at radius 2 is 2.00 bits per heavy atom. The summed E-state index contributed by atoms with van der Waals surface area (Å²) in [6.07, 6.45) is 0. The SMILES string of the molecule is Cc1nc2ccc(NS(=O)(=O)c3ccc(F)c(Cl)c3)cc2s1. The average molecular weight is 357 g/mol. The van der Waals surface area contributed by atoms with Crippen molar-refractivity contribution in [3.05, 3.63) is 52.2 Å². The number of aromatic nitrogens is 1. The number of aryl methyl sites for hydroxylation is 1. The molecule has 8 heteroatoms. The number of nitrogens with zero attached hydrogens (tertiary/aromatic N) is 1. The first-order chi connectivity index (χ1) is 10.3. The lowest BCUT2D eigenvalue weighted by Gasteiger charge is -2.08. The maximum Gasteiger partial charge on any atom is 0.261 e. The summed E-state index contributed by atoms with van der Waals surface area (Å²) in [6.45, 7) is 1.88. The summed E-state index contributed by atoms with van der Waals surface area (Å²) in [4.78, 5) is 4.21. The molecule has 4 nitrogen and oxygen atoms in total. The summed E-state index contributed by atoms with van der Waals surface area (Å²) in [5.41, 5.74) is 1.23. The summed E-state index contributed by atoms with van der Waals surface area (Å²) >= 11 is 7.11. The molecule has 0 amide bonds. The number of nitrogens with one attached hydrogen (secondary N) is 1. The summed E-state index contributed by atoms with van der Waals surface area (Å²) < 4.78 is 41.1. The van der Waals surface area contributed by atoms with Crippen molar-refractivity contribution in [1.29, 1.82) is 0 Å². The minimum Gasteiger partial charge on any atom is -0.280 e. The van der Waals surface area contributed by atoms with Crippen molar-refractivity contribution in [1.82, 2.24) is 4.98 Å². The van der Waals surface area contributed by atoms with E-state index in [0.29, 0.717) is 5.69 Å². The largest absolute Gasteiger partial charge is 0.280 e.